The Labute approximate surface area is 93.5 Å². The first-order chi connectivity index (χ1) is 6.93. The Balaban J connectivity index is 2.79. The predicted octanol–water partition coefficient (Wildman–Crippen LogP) is 1.82. The quantitative estimate of drug-likeness (QED) is 0.819. The molecule has 2 rings (SSSR count). The van der Waals surface area contributed by atoms with Gasteiger partial charge >= 0.3 is 0 Å². The summed E-state index contributed by atoms with van der Waals surface area (Å²) in [5.41, 5.74) is 6.95. The number of sulfone groups is 1. The molecule has 1 aromatic carbocycles. The largest absolute Gasteiger partial charge is 0.324 e. The smallest absolute Gasteiger partial charge is 0.202 e. The summed E-state index contributed by atoms with van der Waals surface area (Å²) in [6.07, 6.45) is 0. The molecule has 0 aliphatic carbocycles. The van der Waals surface area contributed by atoms with E-state index in [1.807, 2.05) is 0 Å². The highest BCUT2D eigenvalue weighted by molar-refractivity contribution is 7.95. The SMILES string of the molecule is CC(N)C1=CS(=O)(=O)c2c(Cl)cccc21. The maximum Gasteiger partial charge on any atom is 0.202 e. The molecule has 0 fully saturated rings. The number of nitrogens with two attached hydrogens (primary N) is 1. The van der Waals surface area contributed by atoms with E-state index < -0.39 is 9.84 Å². The summed E-state index contributed by atoms with van der Waals surface area (Å²) < 4.78 is 23.5. The van der Waals surface area contributed by atoms with E-state index in [-0.39, 0.29) is 16.0 Å². The van der Waals surface area contributed by atoms with Gasteiger partial charge in [0.2, 0.25) is 9.84 Å². The summed E-state index contributed by atoms with van der Waals surface area (Å²) in [5.74, 6) is 0. The molecule has 0 spiro atoms. The third-order valence-electron chi connectivity index (χ3n) is 2.34. The second kappa shape index (κ2) is 3.33. The van der Waals surface area contributed by atoms with E-state index in [0.717, 1.165) is 0 Å². The lowest BCUT2D eigenvalue weighted by atomic mass is 10.0. The Bertz CT molecular complexity index is 547. The molecular weight excluding hydrogens is 234 g/mol. The van der Waals surface area contributed by atoms with Crippen LogP contribution < -0.4 is 5.73 Å². The minimum Gasteiger partial charge on any atom is -0.324 e. The Morgan fingerprint density at radius 2 is 2.07 bits per heavy atom. The zero-order valence-electron chi connectivity index (χ0n) is 8.07. The standard InChI is InChI=1S/C10H10ClNO2S/c1-6(12)8-5-15(13,14)10-7(8)3-2-4-9(10)11/h2-6H,12H2,1H3. The summed E-state index contributed by atoms with van der Waals surface area (Å²) >= 11 is 5.87. The van der Waals surface area contributed by atoms with E-state index in [1.165, 1.54) is 5.41 Å². The third kappa shape index (κ3) is 1.58. The van der Waals surface area contributed by atoms with Gasteiger partial charge in [-0.25, -0.2) is 8.42 Å². The van der Waals surface area contributed by atoms with Crippen LogP contribution >= 0.6 is 11.6 Å². The lowest BCUT2D eigenvalue weighted by molar-refractivity contribution is 0.605. The molecule has 3 nitrogen and oxygen atoms in total. The van der Waals surface area contributed by atoms with Crippen LogP contribution in [0.15, 0.2) is 28.5 Å². The summed E-state index contributed by atoms with van der Waals surface area (Å²) in [6.45, 7) is 1.75. The summed E-state index contributed by atoms with van der Waals surface area (Å²) in [6, 6.07) is 4.69. The predicted molar refractivity (Wildman–Crippen MR) is 60.3 cm³/mol. The molecule has 1 aromatic rings. The van der Waals surface area contributed by atoms with E-state index in [1.54, 1.807) is 25.1 Å². The zero-order valence-corrected chi connectivity index (χ0v) is 9.64. The van der Waals surface area contributed by atoms with Crippen molar-refractivity contribution in [3.63, 3.8) is 0 Å². The number of benzene rings is 1. The van der Waals surface area contributed by atoms with Gasteiger partial charge in [-0.1, -0.05) is 23.7 Å². The van der Waals surface area contributed by atoms with Crippen molar-refractivity contribution >= 4 is 27.0 Å². The molecule has 0 saturated carbocycles. The van der Waals surface area contributed by atoms with Crippen LogP contribution in [0.4, 0.5) is 0 Å². The fraction of sp³-hybridized carbons (Fsp3) is 0.200. The average molecular weight is 244 g/mol. The topological polar surface area (TPSA) is 60.2 Å². The molecule has 80 valence electrons. The fourth-order valence-corrected chi connectivity index (χ4v) is 3.79. The van der Waals surface area contributed by atoms with Gasteiger partial charge in [0, 0.05) is 17.0 Å². The van der Waals surface area contributed by atoms with E-state index in [9.17, 15) is 8.42 Å². The summed E-state index contributed by atoms with van der Waals surface area (Å²) in [5, 5.41) is 1.45. The lowest BCUT2D eigenvalue weighted by Gasteiger charge is -2.07. The molecule has 0 radical (unpaired) electrons. The third-order valence-corrected chi connectivity index (χ3v) is 4.34. The molecule has 1 heterocycles. The number of rotatable bonds is 1. The van der Waals surface area contributed by atoms with Gasteiger partial charge in [0.15, 0.2) is 0 Å². The highest BCUT2D eigenvalue weighted by Gasteiger charge is 2.30. The normalized spacial score (nSPS) is 19.5. The first-order valence-corrected chi connectivity index (χ1v) is 6.37. The molecule has 2 N–H and O–H groups in total. The number of fused-ring (bicyclic) bond motifs is 1. The van der Waals surface area contributed by atoms with Crippen LogP contribution in [0.5, 0.6) is 0 Å². The van der Waals surface area contributed by atoms with E-state index in [2.05, 4.69) is 0 Å². The van der Waals surface area contributed by atoms with Gasteiger partial charge in [-0.3, -0.25) is 0 Å². The molecule has 1 aliphatic heterocycles. The number of halogens is 1. The zero-order chi connectivity index (χ0) is 11.2. The maximum atomic E-state index is 11.8. The van der Waals surface area contributed by atoms with Crippen molar-refractivity contribution in [3.05, 3.63) is 34.2 Å². The molecular formula is C10H10ClNO2S. The van der Waals surface area contributed by atoms with Crippen molar-refractivity contribution < 1.29 is 8.42 Å². The summed E-state index contributed by atoms with van der Waals surface area (Å²) in [4.78, 5) is 0.180. The van der Waals surface area contributed by atoms with Gasteiger partial charge < -0.3 is 5.73 Å². The minimum absolute atomic E-state index is 0.180. The molecule has 0 saturated heterocycles. The second-order valence-electron chi connectivity index (χ2n) is 3.52. The molecule has 15 heavy (non-hydrogen) atoms. The van der Waals surface area contributed by atoms with Crippen LogP contribution in [0.2, 0.25) is 5.02 Å². The Morgan fingerprint density at radius 1 is 1.40 bits per heavy atom. The molecule has 0 aromatic heterocycles. The first-order valence-electron chi connectivity index (χ1n) is 4.44. The molecule has 5 heteroatoms. The highest BCUT2D eigenvalue weighted by Crippen LogP contribution is 2.38. The Kier molecular flexibility index (Phi) is 2.37. The van der Waals surface area contributed by atoms with Crippen molar-refractivity contribution in [2.75, 3.05) is 0 Å². The van der Waals surface area contributed by atoms with Crippen molar-refractivity contribution in [2.45, 2.75) is 17.9 Å². The van der Waals surface area contributed by atoms with Crippen LogP contribution in [0.3, 0.4) is 0 Å². The van der Waals surface area contributed by atoms with Gasteiger partial charge in [0.1, 0.15) is 0 Å². The first kappa shape index (κ1) is 10.7. The summed E-state index contributed by atoms with van der Waals surface area (Å²) in [7, 11) is -3.40. The van der Waals surface area contributed by atoms with Crippen LogP contribution in [0.25, 0.3) is 5.57 Å². The van der Waals surface area contributed by atoms with E-state index in [4.69, 9.17) is 17.3 Å². The van der Waals surface area contributed by atoms with E-state index in [0.29, 0.717) is 11.1 Å². The van der Waals surface area contributed by atoms with Crippen LogP contribution in [-0.2, 0) is 9.84 Å². The fourth-order valence-electron chi connectivity index (χ4n) is 1.67. The Hall–Kier alpha value is -0.840. The van der Waals surface area contributed by atoms with Crippen molar-refractivity contribution in [1.29, 1.82) is 0 Å². The highest BCUT2D eigenvalue weighted by atomic mass is 35.5. The van der Waals surface area contributed by atoms with Gasteiger partial charge in [-0.2, -0.15) is 0 Å². The van der Waals surface area contributed by atoms with Gasteiger partial charge in [0.25, 0.3) is 0 Å². The second-order valence-corrected chi connectivity index (χ2v) is 5.66. The molecule has 0 amide bonds. The van der Waals surface area contributed by atoms with Crippen molar-refractivity contribution in [2.24, 2.45) is 5.73 Å². The van der Waals surface area contributed by atoms with Crippen LogP contribution in [0.1, 0.15) is 12.5 Å². The molecule has 1 aliphatic rings. The van der Waals surface area contributed by atoms with Crippen molar-refractivity contribution in [1.82, 2.24) is 0 Å². The van der Waals surface area contributed by atoms with Gasteiger partial charge in [0.05, 0.1) is 9.92 Å². The maximum absolute atomic E-state index is 11.8. The van der Waals surface area contributed by atoms with Gasteiger partial charge in [-0.05, 0) is 18.6 Å². The number of hydrogen-bond acceptors (Lipinski definition) is 3. The van der Waals surface area contributed by atoms with Crippen molar-refractivity contribution in [3.8, 4) is 0 Å². The van der Waals surface area contributed by atoms with Gasteiger partial charge in [-0.15, -0.1) is 0 Å². The van der Waals surface area contributed by atoms with Crippen LogP contribution in [0, 0.1) is 0 Å². The minimum atomic E-state index is -3.40. The van der Waals surface area contributed by atoms with Crippen LogP contribution in [-0.4, -0.2) is 14.5 Å². The molecule has 1 atom stereocenters. The monoisotopic (exact) mass is 243 g/mol. The lowest BCUT2D eigenvalue weighted by Crippen LogP contribution is -2.15. The number of hydrogen-bond donors (Lipinski definition) is 1. The molecule has 0 bridgehead atoms. The average Bonchev–Trinajstić information content (AvgIpc) is 2.39. The Morgan fingerprint density at radius 3 is 2.67 bits per heavy atom. The molecule has 1 unspecified atom stereocenters. The van der Waals surface area contributed by atoms with E-state index >= 15 is 0 Å².